The molecule has 3 N–H and O–H groups in total. The molecular formula is C6H9N3OS. The summed E-state index contributed by atoms with van der Waals surface area (Å²) in [6.45, 7) is 1.89. The lowest BCUT2D eigenvalue weighted by molar-refractivity contribution is -0.120. The van der Waals surface area contributed by atoms with Crippen molar-refractivity contribution in [1.29, 1.82) is 0 Å². The third kappa shape index (κ3) is 2.28. The molecule has 0 spiro atoms. The number of rotatable bonds is 2. The maximum Gasteiger partial charge on any atom is 0.240 e. The molecule has 1 aromatic rings. The van der Waals surface area contributed by atoms with E-state index in [1.807, 2.05) is 12.3 Å². The largest absolute Gasteiger partial charge is 0.294 e. The maximum absolute atomic E-state index is 10.7. The lowest BCUT2D eigenvalue weighted by Crippen LogP contribution is -2.31. The third-order valence-corrected chi connectivity index (χ3v) is 2.11. The van der Waals surface area contributed by atoms with Crippen LogP contribution >= 0.6 is 11.3 Å². The number of thiazole rings is 1. The van der Waals surface area contributed by atoms with E-state index in [1.54, 1.807) is 0 Å². The number of amides is 1. The Kier molecular flexibility index (Phi) is 2.56. The molecular weight excluding hydrogens is 162 g/mol. The molecule has 1 aromatic heterocycles. The highest BCUT2D eigenvalue weighted by atomic mass is 32.1. The molecule has 0 aliphatic heterocycles. The summed E-state index contributed by atoms with van der Waals surface area (Å²) < 4.78 is 0. The number of hydrogen-bond donors (Lipinski definition) is 2. The van der Waals surface area contributed by atoms with E-state index in [1.165, 1.54) is 11.3 Å². The molecule has 4 nitrogen and oxygen atoms in total. The molecule has 0 aromatic carbocycles. The third-order valence-electron chi connectivity index (χ3n) is 1.14. The van der Waals surface area contributed by atoms with Gasteiger partial charge in [-0.1, -0.05) is 0 Å². The quantitative estimate of drug-likeness (QED) is 0.373. The molecule has 0 radical (unpaired) electrons. The highest BCUT2D eigenvalue weighted by molar-refractivity contribution is 7.09. The molecule has 0 saturated heterocycles. The fourth-order valence-electron chi connectivity index (χ4n) is 0.672. The Morgan fingerprint density at radius 2 is 2.64 bits per heavy atom. The first-order valence-corrected chi connectivity index (χ1v) is 4.01. The Hall–Kier alpha value is -0.940. The van der Waals surface area contributed by atoms with Crippen molar-refractivity contribution in [2.45, 2.75) is 13.3 Å². The van der Waals surface area contributed by atoms with E-state index in [0.717, 1.165) is 10.7 Å². The van der Waals surface area contributed by atoms with Gasteiger partial charge in [-0.25, -0.2) is 10.8 Å². The van der Waals surface area contributed by atoms with Crippen LogP contribution < -0.4 is 11.3 Å². The number of nitrogens with zero attached hydrogens (tertiary/aromatic N) is 1. The molecule has 0 bridgehead atoms. The summed E-state index contributed by atoms with van der Waals surface area (Å²) in [5.41, 5.74) is 2.99. The Bertz CT molecular complexity index is 258. The molecule has 0 atom stereocenters. The Balaban J connectivity index is 2.57. The van der Waals surface area contributed by atoms with Crippen molar-refractivity contribution in [2.75, 3.05) is 0 Å². The van der Waals surface area contributed by atoms with Crippen molar-refractivity contribution < 1.29 is 4.79 Å². The number of aryl methyl sites for hydroxylation is 1. The fraction of sp³-hybridized carbons (Fsp3) is 0.333. The Labute approximate surface area is 68.4 Å². The van der Waals surface area contributed by atoms with Crippen LogP contribution in [0.2, 0.25) is 0 Å². The number of aromatic nitrogens is 1. The predicted molar refractivity (Wildman–Crippen MR) is 42.9 cm³/mol. The predicted octanol–water partition coefficient (Wildman–Crippen LogP) is -0.0161. The number of carbonyl (C=O) groups is 1. The standard InChI is InChI=1S/C6H9N3OS/c1-4-3-11-6(8-4)2-5(10)9-7/h3H,2,7H2,1H3,(H,9,10). The first-order valence-electron chi connectivity index (χ1n) is 3.13. The number of hydrogen-bond acceptors (Lipinski definition) is 4. The summed E-state index contributed by atoms with van der Waals surface area (Å²) in [4.78, 5) is 14.8. The topological polar surface area (TPSA) is 68.0 Å². The van der Waals surface area contributed by atoms with Crippen LogP contribution in [0.15, 0.2) is 5.38 Å². The maximum atomic E-state index is 10.7. The normalized spacial score (nSPS) is 9.64. The van der Waals surface area contributed by atoms with Crippen LogP contribution in [0.1, 0.15) is 10.7 Å². The summed E-state index contributed by atoms with van der Waals surface area (Å²) >= 11 is 1.47. The van der Waals surface area contributed by atoms with Gasteiger partial charge in [0, 0.05) is 11.1 Å². The van der Waals surface area contributed by atoms with Gasteiger partial charge in [0.05, 0.1) is 6.42 Å². The molecule has 1 amide bonds. The van der Waals surface area contributed by atoms with Crippen LogP contribution in [-0.2, 0) is 11.2 Å². The van der Waals surface area contributed by atoms with Crippen molar-refractivity contribution in [3.05, 3.63) is 16.1 Å². The number of hydrazine groups is 1. The van der Waals surface area contributed by atoms with E-state index in [0.29, 0.717) is 0 Å². The first kappa shape index (κ1) is 8.16. The van der Waals surface area contributed by atoms with Gasteiger partial charge in [-0.3, -0.25) is 10.2 Å². The van der Waals surface area contributed by atoms with E-state index >= 15 is 0 Å². The van der Waals surface area contributed by atoms with Gasteiger partial charge in [0.15, 0.2) is 0 Å². The van der Waals surface area contributed by atoms with Gasteiger partial charge in [-0.05, 0) is 6.92 Å². The molecule has 1 rings (SSSR count). The smallest absolute Gasteiger partial charge is 0.240 e. The molecule has 11 heavy (non-hydrogen) atoms. The minimum absolute atomic E-state index is 0.209. The average Bonchev–Trinajstić information content (AvgIpc) is 2.35. The van der Waals surface area contributed by atoms with E-state index < -0.39 is 0 Å². The van der Waals surface area contributed by atoms with Crippen molar-refractivity contribution in [1.82, 2.24) is 10.4 Å². The van der Waals surface area contributed by atoms with E-state index in [9.17, 15) is 4.79 Å². The van der Waals surface area contributed by atoms with E-state index in [4.69, 9.17) is 5.84 Å². The summed E-state index contributed by atoms with van der Waals surface area (Å²) in [7, 11) is 0. The van der Waals surface area contributed by atoms with Gasteiger partial charge < -0.3 is 0 Å². The summed E-state index contributed by atoms with van der Waals surface area (Å²) in [6, 6.07) is 0. The van der Waals surface area contributed by atoms with Crippen LogP contribution in [0.3, 0.4) is 0 Å². The van der Waals surface area contributed by atoms with Gasteiger partial charge in [-0.15, -0.1) is 11.3 Å². The van der Waals surface area contributed by atoms with Crippen molar-refractivity contribution in [3.63, 3.8) is 0 Å². The molecule has 0 fully saturated rings. The molecule has 0 unspecified atom stereocenters. The first-order chi connectivity index (χ1) is 5.22. The van der Waals surface area contributed by atoms with Crippen LogP contribution in [-0.4, -0.2) is 10.9 Å². The zero-order chi connectivity index (χ0) is 8.27. The minimum Gasteiger partial charge on any atom is -0.294 e. The molecule has 1 heterocycles. The second-order valence-corrected chi connectivity index (χ2v) is 3.07. The lowest BCUT2D eigenvalue weighted by Gasteiger charge is -1.93. The van der Waals surface area contributed by atoms with Gasteiger partial charge in [-0.2, -0.15) is 0 Å². The monoisotopic (exact) mass is 171 g/mol. The van der Waals surface area contributed by atoms with E-state index in [-0.39, 0.29) is 12.3 Å². The highest BCUT2D eigenvalue weighted by Crippen LogP contribution is 2.08. The zero-order valence-corrected chi connectivity index (χ0v) is 6.94. The summed E-state index contributed by atoms with van der Waals surface area (Å²) in [5.74, 6) is 4.70. The van der Waals surface area contributed by atoms with Crippen molar-refractivity contribution >= 4 is 17.2 Å². The van der Waals surface area contributed by atoms with Gasteiger partial charge in [0.2, 0.25) is 5.91 Å². The fourth-order valence-corrected chi connectivity index (χ4v) is 1.44. The van der Waals surface area contributed by atoms with Crippen LogP contribution in [0.5, 0.6) is 0 Å². The number of nitrogens with one attached hydrogen (secondary N) is 1. The second kappa shape index (κ2) is 3.45. The summed E-state index contributed by atoms with van der Waals surface area (Å²) in [5, 5.41) is 2.70. The van der Waals surface area contributed by atoms with E-state index in [2.05, 4.69) is 10.4 Å². The second-order valence-electron chi connectivity index (χ2n) is 2.13. The van der Waals surface area contributed by atoms with Crippen LogP contribution in [0, 0.1) is 6.92 Å². The SMILES string of the molecule is Cc1csc(CC(=O)NN)n1. The molecule has 0 saturated carbocycles. The van der Waals surface area contributed by atoms with Crippen LogP contribution in [0.25, 0.3) is 0 Å². The molecule has 60 valence electrons. The highest BCUT2D eigenvalue weighted by Gasteiger charge is 2.03. The van der Waals surface area contributed by atoms with Crippen molar-refractivity contribution in [2.24, 2.45) is 5.84 Å². The summed E-state index contributed by atoms with van der Waals surface area (Å²) in [6.07, 6.45) is 0.273. The molecule has 0 aliphatic carbocycles. The Morgan fingerprint density at radius 3 is 3.09 bits per heavy atom. The molecule has 0 aliphatic rings. The average molecular weight is 171 g/mol. The van der Waals surface area contributed by atoms with Crippen molar-refractivity contribution in [3.8, 4) is 0 Å². The zero-order valence-electron chi connectivity index (χ0n) is 6.13. The minimum atomic E-state index is -0.209. The van der Waals surface area contributed by atoms with Crippen LogP contribution in [0.4, 0.5) is 0 Å². The van der Waals surface area contributed by atoms with Gasteiger partial charge >= 0.3 is 0 Å². The number of carbonyl (C=O) groups excluding carboxylic acids is 1. The lowest BCUT2D eigenvalue weighted by atomic mass is 10.4. The number of nitrogens with two attached hydrogens (primary N) is 1. The Morgan fingerprint density at radius 1 is 1.91 bits per heavy atom. The molecule has 5 heteroatoms. The van der Waals surface area contributed by atoms with Gasteiger partial charge in [0.25, 0.3) is 0 Å². The van der Waals surface area contributed by atoms with Gasteiger partial charge in [0.1, 0.15) is 5.01 Å².